The van der Waals surface area contributed by atoms with Crippen LogP contribution in [-0.2, 0) is 15.6 Å². The Balaban J connectivity index is 1.49. The van der Waals surface area contributed by atoms with E-state index in [9.17, 15) is 9.59 Å². The van der Waals surface area contributed by atoms with E-state index >= 15 is 0 Å². The van der Waals surface area contributed by atoms with Crippen LogP contribution in [0.1, 0.15) is 78.9 Å². The topological polar surface area (TPSA) is 85.3 Å². The fraction of sp³-hybridized carbons (Fsp3) is 0.317. The first-order valence-electron chi connectivity index (χ1n) is 16.9. The minimum absolute atomic E-state index is 0.0122. The summed E-state index contributed by atoms with van der Waals surface area (Å²) in [4.78, 5) is 27.9. The molecule has 2 N–H and O–H groups in total. The van der Waals surface area contributed by atoms with Crippen molar-refractivity contribution < 1.29 is 14.3 Å². The molecule has 0 aliphatic rings. The van der Waals surface area contributed by atoms with E-state index in [-0.39, 0.29) is 22.5 Å². The normalized spacial score (nSPS) is 12.4. The summed E-state index contributed by atoms with van der Waals surface area (Å²) in [5.74, 6) is 0.972. The quantitative estimate of drug-likeness (QED) is 0.130. The molecule has 256 valence electrons. The van der Waals surface area contributed by atoms with Crippen molar-refractivity contribution in [1.82, 2.24) is 9.78 Å². The fourth-order valence-electron chi connectivity index (χ4n) is 5.55. The predicted molar refractivity (Wildman–Crippen MR) is 200 cm³/mol. The highest BCUT2D eigenvalue weighted by atomic mass is 35.5. The number of hydrogen-bond acceptors (Lipinski definition) is 4. The van der Waals surface area contributed by atoms with Crippen molar-refractivity contribution in [3.63, 3.8) is 0 Å². The summed E-state index contributed by atoms with van der Waals surface area (Å²) in [6, 6.07) is 29.8. The van der Waals surface area contributed by atoms with E-state index in [2.05, 4.69) is 64.1 Å². The minimum atomic E-state index is -0.770. The fourth-order valence-corrected chi connectivity index (χ4v) is 5.67. The number of H-pyrrole nitrogens is 1. The van der Waals surface area contributed by atoms with Gasteiger partial charge in [-0.3, -0.25) is 14.7 Å². The number of aromatic nitrogens is 2. The van der Waals surface area contributed by atoms with E-state index < -0.39 is 11.7 Å². The van der Waals surface area contributed by atoms with Crippen molar-refractivity contribution in [3.05, 3.63) is 124 Å². The monoisotopic (exact) mass is 679 g/mol. The van der Waals surface area contributed by atoms with E-state index in [0.717, 1.165) is 24.0 Å². The van der Waals surface area contributed by atoms with Crippen LogP contribution in [0.4, 0.5) is 5.69 Å². The molecule has 1 unspecified atom stereocenters. The average Bonchev–Trinajstić information content (AvgIpc) is 3.43. The lowest BCUT2D eigenvalue weighted by molar-refractivity contribution is -0.122. The van der Waals surface area contributed by atoms with Crippen LogP contribution >= 0.6 is 11.6 Å². The zero-order valence-corrected chi connectivity index (χ0v) is 30.2. The van der Waals surface area contributed by atoms with Crippen LogP contribution in [0, 0.1) is 0 Å². The zero-order valence-electron chi connectivity index (χ0n) is 29.4. The molecule has 8 heteroatoms. The van der Waals surface area contributed by atoms with Gasteiger partial charge in [0, 0.05) is 16.1 Å². The Hall–Kier alpha value is -4.75. The van der Waals surface area contributed by atoms with Crippen LogP contribution in [-0.4, -0.2) is 21.8 Å². The summed E-state index contributed by atoms with van der Waals surface area (Å²) in [7, 11) is 0. The molecular formula is C41H46ClN3O4. The van der Waals surface area contributed by atoms with Gasteiger partial charge in [-0.1, -0.05) is 115 Å². The molecule has 5 aromatic rings. The van der Waals surface area contributed by atoms with E-state index in [0.29, 0.717) is 40.0 Å². The number of halogens is 1. The lowest BCUT2D eigenvalue weighted by atomic mass is 9.76. The molecule has 49 heavy (non-hydrogen) atoms. The summed E-state index contributed by atoms with van der Waals surface area (Å²) in [5, 5.41) is 6.84. The molecule has 1 atom stereocenters. The minimum Gasteiger partial charge on any atom is -0.480 e. The van der Waals surface area contributed by atoms with Gasteiger partial charge in [0.25, 0.3) is 5.91 Å². The molecule has 7 nitrogen and oxygen atoms in total. The van der Waals surface area contributed by atoms with Crippen LogP contribution in [0.3, 0.4) is 0 Å². The first kappa shape index (κ1) is 35.6. The molecule has 0 fully saturated rings. The molecule has 0 saturated heterocycles. The third kappa shape index (κ3) is 7.78. The molecule has 0 radical (unpaired) electrons. The van der Waals surface area contributed by atoms with Gasteiger partial charge in [0.1, 0.15) is 17.2 Å². The van der Waals surface area contributed by atoms with Crippen LogP contribution in [0.25, 0.3) is 16.9 Å². The third-order valence-corrected chi connectivity index (χ3v) is 9.79. The zero-order chi connectivity index (χ0) is 35.3. The first-order valence-corrected chi connectivity index (χ1v) is 17.3. The standard InChI is InChI=1S/C41H46ClN3O4/c1-8-34(49-35-25-20-28(40(4,5)9-2)26-31(35)41(6,7)10-3)38(46)43-32-18-14-15-19-33(32)45-39(47)37(48-30-23-21-29(42)22-24-30)36(44-45)27-16-12-11-13-17-27/h11-26,34,44H,8-10H2,1-7H3,(H,43,46). The molecule has 0 aliphatic carbocycles. The van der Waals surface area contributed by atoms with Crippen LogP contribution in [0.5, 0.6) is 17.2 Å². The number of ether oxygens (including phenoxy) is 2. The summed E-state index contributed by atoms with van der Waals surface area (Å²) < 4.78 is 14.1. The number of rotatable bonds is 13. The summed E-state index contributed by atoms with van der Waals surface area (Å²) in [6.45, 7) is 15.2. The van der Waals surface area contributed by atoms with Gasteiger partial charge in [-0.15, -0.1) is 0 Å². The second-order valence-corrected chi connectivity index (χ2v) is 14.0. The van der Waals surface area contributed by atoms with Gasteiger partial charge < -0.3 is 14.8 Å². The summed E-state index contributed by atoms with van der Waals surface area (Å²) in [5.41, 5.74) is 3.94. The van der Waals surface area contributed by atoms with Crippen molar-refractivity contribution in [2.24, 2.45) is 0 Å². The SMILES string of the molecule is CCC(Oc1ccc(C(C)(C)CC)cc1C(C)(C)CC)C(=O)Nc1ccccc1-n1[nH]c(-c2ccccc2)c(Oc2ccc(Cl)cc2)c1=O. The maximum absolute atomic E-state index is 14.0. The molecule has 1 heterocycles. The Labute approximate surface area is 294 Å². The van der Waals surface area contributed by atoms with Crippen molar-refractivity contribution in [2.45, 2.75) is 84.7 Å². The van der Waals surface area contributed by atoms with Crippen molar-refractivity contribution in [1.29, 1.82) is 0 Å². The molecule has 1 aromatic heterocycles. The van der Waals surface area contributed by atoms with Gasteiger partial charge in [0.05, 0.1) is 11.4 Å². The number of para-hydroxylation sites is 2. The van der Waals surface area contributed by atoms with Gasteiger partial charge >= 0.3 is 5.56 Å². The Morgan fingerprint density at radius 1 is 0.857 bits per heavy atom. The smallest absolute Gasteiger partial charge is 0.314 e. The highest BCUT2D eigenvalue weighted by molar-refractivity contribution is 6.30. The molecule has 0 saturated carbocycles. The highest BCUT2D eigenvalue weighted by Crippen LogP contribution is 2.39. The Kier molecular flexibility index (Phi) is 10.7. The maximum atomic E-state index is 14.0. The number of anilines is 1. The predicted octanol–water partition coefficient (Wildman–Crippen LogP) is 10.4. The average molecular weight is 680 g/mol. The first-order chi connectivity index (χ1) is 23.4. The number of nitrogens with zero attached hydrogens (tertiary/aromatic N) is 1. The molecule has 0 spiro atoms. The summed E-state index contributed by atoms with van der Waals surface area (Å²) >= 11 is 6.09. The Morgan fingerprint density at radius 2 is 1.51 bits per heavy atom. The van der Waals surface area contributed by atoms with Crippen LogP contribution in [0.15, 0.2) is 102 Å². The van der Waals surface area contributed by atoms with Gasteiger partial charge in [-0.25, -0.2) is 4.68 Å². The van der Waals surface area contributed by atoms with E-state index in [4.69, 9.17) is 21.1 Å². The summed E-state index contributed by atoms with van der Waals surface area (Å²) in [6.07, 6.45) is 1.59. The lowest BCUT2D eigenvalue weighted by Gasteiger charge is -2.31. The number of carbonyl (C=O) groups is 1. The lowest BCUT2D eigenvalue weighted by Crippen LogP contribution is -2.34. The van der Waals surface area contributed by atoms with Gasteiger partial charge in [-0.2, -0.15) is 0 Å². The number of benzene rings is 4. The van der Waals surface area contributed by atoms with Crippen molar-refractivity contribution in [2.75, 3.05) is 5.32 Å². The van der Waals surface area contributed by atoms with Gasteiger partial charge in [0.15, 0.2) is 6.10 Å². The number of aromatic amines is 1. The second-order valence-electron chi connectivity index (χ2n) is 13.6. The Bertz CT molecular complexity index is 1960. The van der Waals surface area contributed by atoms with E-state index in [1.54, 1.807) is 36.4 Å². The number of amides is 1. The maximum Gasteiger partial charge on any atom is 0.314 e. The van der Waals surface area contributed by atoms with E-state index in [1.807, 2.05) is 55.5 Å². The number of nitrogens with one attached hydrogen (secondary N) is 2. The second kappa shape index (κ2) is 14.8. The molecular weight excluding hydrogens is 634 g/mol. The van der Waals surface area contributed by atoms with Crippen molar-refractivity contribution in [3.8, 4) is 34.2 Å². The number of hydrogen-bond donors (Lipinski definition) is 2. The van der Waals surface area contributed by atoms with Crippen LogP contribution in [0.2, 0.25) is 5.02 Å². The third-order valence-electron chi connectivity index (χ3n) is 9.54. The number of carbonyl (C=O) groups excluding carboxylic acids is 1. The molecule has 1 amide bonds. The van der Waals surface area contributed by atoms with E-state index in [1.165, 1.54) is 10.2 Å². The molecule has 0 bridgehead atoms. The van der Waals surface area contributed by atoms with Gasteiger partial charge in [0.2, 0.25) is 5.75 Å². The highest BCUT2D eigenvalue weighted by Gasteiger charge is 2.29. The molecule has 5 rings (SSSR count). The molecule has 4 aromatic carbocycles. The Morgan fingerprint density at radius 3 is 2.16 bits per heavy atom. The van der Waals surface area contributed by atoms with Crippen molar-refractivity contribution >= 4 is 23.2 Å². The van der Waals surface area contributed by atoms with Crippen LogP contribution < -0.4 is 20.3 Å². The largest absolute Gasteiger partial charge is 0.480 e. The molecule has 0 aliphatic heterocycles. The van der Waals surface area contributed by atoms with Gasteiger partial charge in [-0.05, 0) is 78.1 Å².